The molecule has 0 saturated carbocycles. The summed E-state index contributed by atoms with van der Waals surface area (Å²) < 4.78 is 0. The largest absolute Gasteiger partial charge is 0.477 e. The van der Waals surface area contributed by atoms with Crippen LogP contribution in [-0.2, 0) is 9.59 Å². The number of benzene rings is 1. The van der Waals surface area contributed by atoms with Gasteiger partial charge in [0.1, 0.15) is 17.1 Å². The Labute approximate surface area is 119 Å². The van der Waals surface area contributed by atoms with E-state index in [2.05, 4.69) is 0 Å². The zero-order chi connectivity index (χ0) is 14.3. The van der Waals surface area contributed by atoms with Gasteiger partial charge in [-0.05, 0) is 17.7 Å². The Kier molecular flexibility index (Phi) is 3.11. The zero-order valence-corrected chi connectivity index (χ0v) is 11.2. The lowest BCUT2D eigenvalue weighted by molar-refractivity contribution is -0.147. The third-order valence-electron chi connectivity index (χ3n) is 3.21. The van der Waals surface area contributed by atoms with E-state index in [-0.39, 0.29) is 17.0 Å². The number of carboxylic acids is 1. The molecule has 0 aromatic heterocycles. The number of hydrogen-bond donors (Lipinski definition) is 2. The molecule has 5 nitrogen and oxygen atoms in total. The number of amides is 1. The van der Waals surface area contributed by atoms with Gasteiger partial charge in [-0.15, -0.1) is 0 Å². The van der Waals surface area contributed by atoms with E-state index in [0.717, 1.165) is 10.5 Å². The van der Waals surface area contributed by atoms with Crippen LogP contribution >= 0.6 is 11.8 Å². The molecule has 0 radical (unpaired) electrons. The van der Waals surface area contributed by atoms with E-state index in [1.807, 2.05) is 36.4 Å². The Morgan fingerprint density at radius 1 is 1.35 bits per heavy atom. The van der Waals surface area contributed by atoms with Crippen LogP contribution < -0.4 is 5.73 Å². The van der Waals surface area contributed by atoms with Gasteiger partial charge >= 0.3 is 5.97 Å². The van der Waals surface area contributed by atoms with Gasteiger partial charge in [-0.1, -0.05) is 42.1 Å². The molecule has 20 heavy (non-hydrogen) atoms. The molecule has 102 valence electrons. The Bertz CT molecular complexity index is 639. The highest BCUT2D eigenvalue weighted by atomic mass is 32.2. The molecule has 2 aliphatic rings. The van der Waals surface area contributed by atoms with E-state index in [1.165, 1.54) is 22.7 Å². The van der Waals surface area contributed by atoms with E-state index >= 15 is 0 Å². The maximum absolute atomic E-state index is 11.6. The van der Waals surface area contributed by atoms with Gasteiger partial charge in [0.05, 0.1) is 0 Å². The number of nitrogens with zero attached hydrogens (tertiary/aromatic N) is 1. The number of thioether (sulfide) groups is 1. The molecule has 0 aliphatic carbocycles. The zero-order valence-electron chi connectivity index (χ0n) is 10.4. The first-order valence-electron chi connectivity index (χ1n) is 6.05. The van der Waals surface area contributed by atoms with Crippen molar-refractivity contribution in [2.75, 3.05) is 0 Å². The quantitative estimate of drug-likeness (QED) is 0.800. The lowest BCUT2D eigenvalue weighted by Crippen LogP contribution is -2.67. The molecule has 1 amide bonds. The molecule has 1 aromatic carbocycles. The van der Waals surface area contributed by atoms with Crippen LogP contribution in [-0.4, -0.2) is 33.3 Å². The lowest BCUT2D eigenvalue weighted by atomic mass is 10.1. The fourth-order valence-corrected chi connectivity index (χ4v) is 3.45. The Hall–Kier alpha value is -2.05. The first kappa shape index (κ1) is 13.0. The van der Waals surface area contributed by atoms with Gasteiger partial charge in [-0.25, -0.2) is 4.79 Å². The van der Waals surface area contributed by atoms with Crippen molar-refractivity contribution in [3.8, 4) is 0 Å². The van der Waals surface area contributed by atoms with Crippen LogP contribution in [0, 0.1) is 0 Å². The van der Waals surface area contributed by atoms with Crippen molar-refractivity contribution >= 4 is 29.7 Å². The molecule has 0 bridgehead atoms. The maximum Gasteiger partial charge on any atom is 0.352 e. The summed E-state index contributed by atoms with van der Waals surface area (Å²) in [6, 6.07) is 8.96. The predicted octanol–water partition coefficient (Wildman–Crippen LogP) is 1.24. The molecule has 2 atom stereocenters. The summed E-state index contributed by atoms with van der Waals surface area (Å²) in [7, 11) is 0. The number of hydrogen-bond acceptors (Lipinski definition) is 4. The van der Waals surface area contributed by atoms with E-state index in [9.17, 15) is 14.7 Å². The van der Waals surface area contributed by atoms with Crippen LogP contribution in [0.5, 0.6) is 0 Å². The number of rotatable bonds is 2. The minimum absolute atomic E-state index is 0.0115. The first-order valence-corrected chi connectivity index (χ1v) is 6.93. The summed E-state index contributed by atoms with van der Waals surface area (Å²) in [4.78, 5) is 24.9. The number of allylic oxidation sites excluding steroid dienone is 1. The molecule has 1 fully saturated rings. The summed E-state index contributed by atoms with van der Waals surface area (Å²) >= 11 is 1.41. The van der Waals surface area contributed by atoms with Crippen LogP contribution in [0.15, 0.2) is 47.0 Å². The molecule has 1 saturated heterocycles. The highest BCUT2D eigenvalue weighted by Crippen LogP contribution is 2.42. The smallest absolute Gasteiger partial charge is 0.352 e. The SMILES string of the molecule is NC1C(=O)N2C(C(=O)O)=CC(=Cc3ccccc3)SC12. The van der Waals surface area contributed by atoms with Crippen molar-refractivity contribution < 1.29 is 14.7 Å². The standard InChI is InChI=1S/C14H12N2O3S/c15-11-12(17)16-10(14(18)19)7-9(20-13(11)16)6-8-4-2-1-3-5-8/h1-7,11,13H,15H2,(H,18,19). The monoisotopic (exact) mass is 288 g/mol. The molecule has 1 aromatic rings. The summed E-state index contributed by atoms with van der Waals surface area (Å²) in [6.45, 7) is 0. The molecule has 3 N–H and O–H groups in total. The second kappa shape index (κ2) is 4.81. The summed E-state index contributed by atoms with van der Waals surface area (Å²) in [5, 5.41) is 8.88. The van der Waals surface area contributed by atoms with E-state index < -0.39 is 12.0 Å². The third-order valence-corrected chi connectivity index (χ3v) is 4.46. The molecule has 6 heteroatoms. The minimum Gasteiger partial charge on any atom is -0.477 e. The van der Waals surface area contributed by atoms with Gasteiger partial charge in [-0.3, -0.25) is 9.69 Å². The Balaban J connectivity index is 1.98. The third kappa shape index (κ3) is 2.03. The van der Waals surface area contributed by atoms with Gasteiger partial charge < -0.3 is 10.8 Å². The second-order valence-electron chi connectivity index (χ2n) is 4.53. The van der Waals surface area contributed by atoms with Crippen LogP contribution in [0.2, 0.25) is 0 Å². The summed E-state index contributed by atoms with van der Waals surface area (Å²) in [5.74, 6) is -1.45. The number of nitrogens with two attached hydrogens (primary N) is 1. The lowest BCUT2D eigenvalue weighted by Gasteiger charge is -2.47. The second-order valence-corrected chi connectivity index (χ2v) is 5.72. The van der Waals surface area contributed by atoms with Crippen LogP contribution in [0.4, 0.5) is 0 Å². The number of fused-ring (bicyclic) bond motifs is 1. The van der Waals surface area contributed by atoms with Crippen molar-refractivity contribution in [3.05, 3.63) is 52.6 Å². The summed E-state index contributed by atoms with van der Waals surface area (Å²) in [6.07, 6.45) is 3.40. The van der Waals surface area contributed by atoms with Crippen molar-refractivity contribution in [2.45, 2.75) is 11.4 Å². The Morgan fingerprint density at radius 2 is 2.05 bits per heavy atom. The van der Waals surface area contributed by atoms with Crippen LogP contribution in [0.25, 0.3) is 6.08 Å². The van der Waals surface area contributed by atoms with Gasteiger partial charge in [0.2, 0.25) is 5.91 Å². The molecule has 2 heterocycles. The maximum atomic E-state index is 11.6. The van der Waals surface area contributed by atoms with Crippen molar-refractivity contribution in [1.82, 2.24) is 4.90 Å². The number of aliphatic carboxylic acids is 1. The van der Waals surface area contributed by atoms with Gasteiger partial charge in [0, 0.05) is 4.91 Å². The van der Waals surface area contributed by atoms with Crippen molar-refractivity contribution in [2.24, 2.45) is 5.73 Å². The van der Waals surface area contributed by atoms with Crippen LogP contribution in [0.1, 0.15) is 5.56 Å². The van der Waals surface area contributed by atoms with Crippen LogP contribution in [0.3, 0.4) is 0 Å². The van der Waals surface area contributed by atoms with Gasteiger partial charge in [0.15, 0.2) is 0 Å². The number of carbonyl (C=O) groups is 2. The van der Waals surface area contributed by atoms with Crippen molar-refractivity contribution in [3.63, 3.8) is 0 Å². The number of β-lactam (4-membered cyclic amide) rings is 1. The average molecular weight is 288 g/mol. The molecule has 0 spiro atoms. The molecule has 2 aliphatic heterocycles. The highest BCUT2D eigenvalue weighted by Gasteiger charge is 2.51. The predicted molar refractivity (Wildman–Crippen MR) is 76.3 cm³/mol. The average Bonchev–Trinajstić information content (AvgIpc) is 2.46. The van der Waals surface area contributed by atoms with E-state index in [4.69, 9.17) is 5.73 Å². The fourth-order valence-electron chi connectivity index (χ4n) is 2.20. The number of carbonyl (C=O) groups excluding carboxylic acids is 1. The normalized spacial score (nSPS) is 26.9. The molecular weight excluding hydrogens is 276 g/mol. The van der Waals surface area contributed by atoms with Gasteiger partial charge in [-0.2, -0.15) is 0 Å². The summed E-state index contributed by atoms with van der Waals surface area (Å²) in [5.41, 5.74) is 6.70. The topological polar surface area (TPSA) is 83.6 Å². The van der Waals surface area contributed by atoms with E-state index in [0.29, 0.717) is 0 Å². The number of carboxylic acid groups (broad SMARTS) is 1. The first-order chi connectivity index (χ1) is 9.58. The van der Waals surface area contributed by atoms with E-state index in [1.54, 1.807) is 0 Å². The minimum atomic E-state index is -1.12. The highest BCUT2D eigenvalue weighted by molar-refractivity contribution is 8.04. The van der Waals surface area contributed by atoms with Crippen molar-refractivity contribution in [1.29, 1.82) is 0 Å². The molecule has 2 unspecified atom stereocenters. The fraction of sp³-hybridized carbons (Fsp3) is 0.143. The van der Waals surface area contributed by atoms with Gasteiger partial charge in [0.25, 0.3) is 0 Å². The molecular formula is C14H12N2O3S. The Morgan fingerprint density at radius 3 is 2.70 bits per heavy atom. The molecule has 3 rings (SSSR count).